The van der Waals surface area contributed by atoms with Crippen LogP contribution in [0.5, 0.6) is 5.88 Å². The molecule has 0 saturated carbocycles. The minimum atomic E-state index is 0.0152. The standard InChI is InChI=1S/C18H23N5O2/c1-2-10-25-18-17(20-7-8-21-18)23-9-5-15(13-23)22-16(24)11-14-4-3-6-19-12-14/h3-4,6-8,12,15H,2,5,9-11,13H2,1H3,(H,22,24)/t15-/m1/s1. The third-order valence-electron chi connectivity index (χ3n) is 4.03. The number of nitrogens with zero attached hydrogens (tertiary/aromatic N) is 4. The zero-order valence-corrected chi connectivity index (χ0v) is 14.4. The molecule has 0 aliphatic carbocycles. The Kier molecular flexibility index (Phi) is 5.77. The lowest BCUT2D eigenvalue weighted by Crippen LogP contribution is -2.38. The molecule has 0 aromatic carbocycles. The van der Waals surface area contributed by atoms with Crippen LogP contribution in [0.25, 0.3) is 0 Å². The van der Waals surface area contributed by atoms with E-state index in [0.717, 1.165) is 30.8 Å². The zero-order chi connectivity index (χ0) is 17.5. The van der Waals surface area contributed by atoms with Crippen molar-refractivity contribution in [3.8, 4) is 5.88 Å². The van der Waals surface area contributed by atoms with Crippen LogP contribution >= 0.6 is 0 Å². The van der Waals surface area contributed by atoms with Crippen molar-refractivity contribution >= 4 is 11.7 Å². The highest BCUT2D eigenvalue weighted by atomic mass is 16.5. The molecule has 1 aliphatic rings. The van der Waals surface area contributed by atoms with E-state index >= 15 is 0 Å². The molecule has 2 aromatic heterocycles. The summed E-state index contributed by atoms with van der Waals surface area (Å²) < 4.78 is 5.68. The third kappa shape index (κ3) is 4.65. The summed E-state index contributed by atoms with van der Waals surface area (Å²) in [5.74, 6) is 1.33. The van der Waals surface area contributed by atoms with Gasteiger partial charge in [-0.25, -0.2) is 9.97 Å². The summed E-state index contributed by atoms with van der Waals surface area (Å²) in [6.45, 7) is 4.20. The number of ether oxygens (including phenoxy) is 1. The van der Waals surface area contributed by atoms with Crippen molar-refractivity contribution in [1.29, 1.82) is 0 Å². The first-order chi connectivity index (χ1) is 12.3. The first kappa shape index (κ1) is 17.1. The molecule has 3 heterocycles. The van der Waals surface area contributed by atoms with Gasteiger partial charge in [-0.05, 0) is 24.5 Å². The number of rotatable bonds is 7. The van der Waals surface area contributed by atoms with Gasteiger partial charge in [-0.2, -0.15) is 0 Å². The summed E-state index contributed by atoms with van der Waals surface area (Å²) in [6.07, 6.45) is 8.87. The average Bonchev–Trinajstić information content (AvgIpc) is 3.09. The number of hydrogen-bond acceptors (Lipinski definition) is 6. The number of hydrogen-bond donors (Lipinski definition) is 1. The van der Waals surface area contributed by atoms with Gasteiger partial charge >= 0.3 is 0 Å². The number of carbonyl (C=O) groups excluding carboxylic acids is 1. The van der Waals surface area contributed by atoms with Crippen LogP contribution in [0.2, 0.25) is 0 Å². The predicted molar refractivity (Wildman–Crippen MR) is 94.5 cm³/mol. The lowest BCUT2D eigenvalue weighted by Gasteiger charge is -2.20. The van der Waals surface area contributed by atoms with Crippen molar-refractivity contribution in [2.45, 2.75) is 32.2 Å². The topological polar surface area (TPSA) is 80.2 Å². The maximum Gasteiger partial charge on any atom is 0.257 e. The van der Waals surface area contributed by atoms with Gasteiger partial charge in [-0.15, -0.1) is 0 Å². The quantitative estimate of drug-likeness (QED) is 0.824. The van der Waals surface area contributed by atoms with Crippen molar-refractivity contribution in [2.24, 2.45) is 0 Å². The van der Waals surface area contributed by atoms with E-state index in [4.69, 9.17) is 4.74 Å². The van der Waals surface area contributed by atoms with Crippen LogP contribution in [0, 0.1) is 0 Å². The molecular formula is C18H23N5O2. The number of nitrogens with one attached hydrogen (secondary N) is 1. The molecule has 1 atom stereocenters. The molecule has 132 valence electrons. The Hall–Kier alpha value is -2.70. The van der Waals surface area contributed by atoms with Gasteiger partial charge in [0.25, 0.3) is 5.88 Å². The number of aromatic nitrogens is 3. The normalized spacial score (nSPS) is 16.7. The van der Waals surface area contributed by atoms with Gasteiger partial charge in [-0.1, -0.05) is 13.0 Å². The van der Waals surface area contributed by atoms with Gasteiger partial charge in [0.05, 0.1) is 13.0 Å². The van der Waals surface area contributed by atoms with E-state index in [-0.39, 0.29) is 11.9 Å². The molecule has 0 radical (unpaired) electrons. The first-order valence-corrected chi connectivity index (χ1v) is 8.63. The molecule has 1 saturated heterocycles. The van der Waals surface area contributed by atoms with E-state index in [0.29, 0.717) is 25.5 Å². The lowest BCUT2D eigenvalue weighted by molar-refractivity contribution is -0.121. The highest BCUT2D eigenvalue weighted by molar-refractivity contribution is 5.78. The molecule has 1 amide bonds. The van der Waals surface area contributed by atoms with Crippen molar-refractivity contribution in [1.82, 2.24) is 20.3 Å². The van der Waals surface area contributed by atoms with E-state index in [1.807, 2.05) is 12.1 Å². The van der Waals surface area contributed by atoms with Gasteiger partial charge < -0.3 is 15.0 Å². The largest absolute Gasteiger partial charge is 0.475 e. The van der Waals surface area contributed by atoms with Crippen LogP contribution in [0.1, 0.15) is 25.3 Å². The Labute approximate surface area is 147 Å². The molecule has 7 heteroatoms. The average molecular weight is 341 g/mol. The molecule has 7 nitrogen and oxygen atoms in total. The second-order valence-corrected chi connectivity index (χ2v) is 6.07. The van der Waals surface area contributed by atoms with E-state index in [2.05, 4.69) is 32.1 Å². The third-order valence-corrected chi connectivity index (χ3v) is 4.03. The Morgan fingerprint density at radius 2 is 2.24 bits per heavy atom. The molecule has 1 aliphatic heterocycles. The minimum Gasteiger partial charge on any atom is -0.475 e. The molecule has 0 bridgehead atoms. The second-order valence-electron chi connectivity index (χ2n) is 6.07. The highest BCUT2D eigenvalue weighted by Crippen LogP contribution is 2.26. The maximum atomic E-state index is 12.2. The van der Waals surface area contributed by atoms with Crippen molar-refractivity contribution in [3.63, 3.8) is 0 Å². The number of carbonyl (C=O) groups is 1. The number of pyridine rings is 1. The zero-order valence-electron chi connectivity index (χ0n) is 14.4. The van der Waals surface area contributed by atoms with Crippen LogP contribution in [0.15, 0.2) is 36.9 Å². The Morgan fingerprint density at radius 1 is 1.36 bits per heavy atom. The van der Waals surface area contributed by atoms with Crippen LogP contribution in [0.3, 0.4) is 0 Å². The monoisotopic (exact) mass is 341 g/mol. The Bertz CT molecular complexity index is 695. The molecule has 1 fully saturated rings. The second kappa shape index (κ2) is 8.41. The molecule has 1 N–H and O–H groups in total. The number of amides is 1. The van der Waals surface area contributed by atoms with E-state index in [1.54, 1.807) is 24.8 Å². The molecular weight excluding hydrogens is 318 g/mol. The van der Waals surface area contributed by atoms with E-state index in [1.165, 1.54) is 0 Å². The fourth-order valence-electron chi connectivity index (χ4n) is 2.87. The molecule has 3 rings (SSSR count). The summed E-state index contributed by atoms with van der Waals surface area (Å²) in [4.78, 5) is 27.1. The number of anilines is 1. The molecule has 25 heavy (non-hydrogen) atoms. The van der Waals surface area contributed by atoms with Gasteiger partial charge in [0.15, 0.2) is 5.82 Å². The van der Waals surface area contributed by atoms with Crippen molar-refractivity contribution in [2.75, 3.05) is 24.6 Å². The van der Waals surface area contributed by atoms with Crippen LogP contribution in [-0.2, 0) is 11.2 Å². The van der Waals surface area contributed by atoms with E-state index < -0.39 is 0 Å². The summed E-state index contributed by atoms with van der Waals surface area (Å²) in [5.41, 5.74) is 0.916. The van der Waals surface area contributed by atoms with Gasteiger partial charge in [0, 0.05) is 43.9 Å². The SMILES string of the molecule is CCCOc1nccnc1N1CC[C@@H](NC(=O)Cc2cccnc2)C1. The van der Waals surface area contributed by atoms with Gasteiger partial charge in [0.1, 0.15) is 0 Å². The Morgan fingerprint density at radius 3 is 3.04 bits per heavy atom. The van der Waals surface area contributed by atoms with Crippen molar-refractivity contribution in [3.05, 3.63) is 42.5 Å². The molecule has 0 spiro atoms. The smallest absolute Gasteiger partial charge is 0.257 e. The maximum absolute atomic E-state index is 12.2. The molecule has 2 aromatic rings. The van der Waals surface area contributed by atoms with Gasteiger partial charge in [0.2, 0.25) is 5.91 Å². The van der Waals surface area contributed by atoms with Crippen LogP contribution < -0.4 is 15.0 Å². The highest BCUT2D eigenvalue weighted by Gasteiger charge is 2.27. The fourth-order valence-corrected chi connectivity index (χ4v) is 2.87. The summed E-state index contributed by atoms with van der Waals surface area (Å²) in [7, 11) is 0. The first-order valence-electron chi connectivity index (χ1n) is 8.63. The van der Waals surface area contributed by atoms with E-state index in [9.17, 15) is 4.79 Å². The van der Waals surface area contributed by atoms with Crippen LogP contribution in [0.4, 0.5) is 5.82 Å². The Balaban J connectivity index is 1.56. The lowest BCUT2D eigenvalue weighted by atomic mass is 10.2. The summed E-state index contributed by atoms with van der Waals surface area (Å²) in [6, 6.07) is 3.85. The summed E-state index contributed by atoms with van der Waals surface area (Å²) in [5, 5.41) is 3.09. The van der Waals surface area contributed by atoms with Gasteiger partial charge in [-0.3, -0.25) is 9.78 Å². The summed E-state index contributed by atoms with van der Waals surface area (Å²) >= 11 is 0. The molecule has 0 unspecified atom stereocenters. The minimum absolute atomic E-state index is 0.0152. The fraction of sp³-hybridized carbons (Fsp3) is 0.444. The predicted octanol–water partition coefficient (Wildman–Crippen LogP) is 1.60. The van der Waals surface area contributed by atoms with Crippen LogP contribution in [-0.4, -0.2) is 46.6 Å². The van der Waals surface area contributed by atoms with Crippen molar-refractivity contribution < 1.29 is 9.53 Å².